The Hall–Kier alpha value is -3.28. The molecule has 2 aromatic carbocycles. The van der Waals surface area contributed by atoms with Crippen LogP contribution in [0.15, 0.2) is 59.6 Å². The molecule has 6 nitrogen and oxygen atoms in total. The molecule has 0 aliphatic rings. The number of carbonyl (C=O) groups is 1. The van der Waals surface area contributed by atoms with Gasteiger partial charge in [0.15, 0.2) is 0 Å². The number of aliphatic imine (C=N–C) groups is 1. The van der Waals surface area contributed by atoms with E-state index in [0.29, 0.717) is 11.4 Å². The third-order valence-corrected chi connectivity index (χ3v) is 2.82. The van der Waals surface area contributed by atoms with Crippen molar-refractivity contribution in [2.24, 2.45) is 4.99 Å². The number of hydrogen-bond donors (Lipinski definition) is 0. The number of esters is 1. The standard InChI is InChI=1S/C17H14N2O4/c1-13(20)23-17-7-3-2-5-14(17)6-4-12-18-15-8-10-16(11-9-15)19(21)22/h2-12H,1H3/b6-4+,18-12?. The zero-order chi connectivity index (χ0) is 16.7. The summed E-state index contributed by atoms with van der Waals surface area (Å²) in [5, 5.41) is 10.6. The molecule has 2 rings (SSSR count). The molecular weight excluding hydrogens is 296 g/mol. The SMILES string of the molecule is CC(=O)Oc1ccccc1/C=C/C=Nc1ccc([N+](=O)[O-])cc1. The summed E-state index contributed by atoms with van der Waals surface area (Å²) in [5.41, 5.74) is 1.38. The molecule has 0 radical (unpaired) electrons. The lowest BCUT2D eigenvalue weighted by atomic mass is 10.2. The molecule has 0 aromatic heterocycles. The van der Waals surface area contributed by atoms with Gasteiger partial charge in [-0.3, -0.25) is 19.9 Å². The first-order valence-corrected chi connectivity index (χ1v) is 6.79. The summed E-state index contributed by atoms with van der Waals surface area (Å²) in [7, 11) is 0. The summed E-state index contributed by atoms with van der Waals surface area (Å²) in [4.78, 5) is 25.3. The number of non-ortho nitro benzene ring substituents is 1. The zero-order valence-corrected chi connectivity index (χ0v) is 12.4. The fourth-order valence-electron chi connectivity index (χ4n) is 1.80. The van der Waals surface area contributed by atoms with Gasteiger partial charge in [0.05, 0.1) is 10.6 Å². The van der Waals surface area contributed by atoms with Gasteiger partial charge < -0.3 is 4.74 Å². The minimum atomic E-state index is -0.459. The molecule has 0 amide bonds. The molecular formula is C17H14N2O4. The van der Waals surface area contributed by atoms with Crippen molar-refractivity contribution in [1.29, 1.82) is 0 Å². The largest absolute Gasteiger partial charge is 0.426 e. The van der Waals surface area contributed by atoms with Gasteiger partial charge in [0.25, 0.3) is 5.69 Å². The van der Waals surface area contributed by atoms with Crippen molar-refractivity contribution >= 4 is 29.6 Å². The van der Waals surface area contributed by atoms with E-state index in [1.807, 2.05) is 12.1 Å². The Balaban J connectivity index is 2.06. The fraction of sp³-hybridized carbons (Fsp3) is 0.0588. The Bertz CT molecular complexity index is 764. The Morgan fingerprint density at radius 1 is 1.17 bits per heavy atom. The number of allylic oxidation sites excluding steroid dienone is 1. The van der Waals surface area contributed by atoms with Crippen LogP contribution in [0.2, 0.25) is 0 Å². The Morgan fingerprint density at radius 2 is 1.87 bits per heavy atom. The minimum absolute atomic E-state index is 0.0230. The van der Waals surface area contributed by atoms with E-state index in [2.05, 4.69) is 4.99 Å². The minimum Gasteiger partial charge on any atom is -0.426 e. The maximum absolute atomic E-state index is 11.0. The molecule has 2 aromatic rings. The molecule has 0 spiro atoms. The molecule has 0 aliphatic carbocycles. The van der Waals surface area contributed by atoms with Crippen molar-refractivity contribution in [3.05, 3.63) is 70.3 Å². The van der Waals surface area contributed by atoms with Crippen LogP contribution in [0.5, 0.6) is 5.75 Å². The molecule has 0 heterocycles. The Kier molecular flexibility index (Phi) is 5.35. The van der Waals surface area contributed by atoms with Crippen LogP contribution in [-0.4, -0.2) is 17.1 Å². The second-order valence-corrected chi connectivity index (χ2v) is 4.54. The third-order valence-electron chi connectivity index (χ3n) is 2.82. The van der Waals surface area contributed by atoms with Gasteiger partial charge in [0, 0.05) is 30.8 Å². The fourth-order valence-corrected chi connectivity index (χ4v) is 1.80. The van der Waals surface area contributed by atoms with Crippen molar-refractivity contribution < 1.29 is 14.5 Å². The second-order valence-electron chi connectivity index (χ2n) is 4.54. The van der Waals surface area contributed by atoms with Crippen molar-refractivity contribution in [1.82, 2.24) is 0 Å². The Morgan fingerprint density at radius 3 is 2.52 bits per heavy atom. The van der Waals surface area contributed by atoms with E-state index >= 15 is 0 Å². The van der Waals surface area contributed by atoms with E-state index in [-0.39, 0.29) is 11.7 Å². The summed E-state index contributed by atoms with van der Waals surface area (Å²) in [6.45, 7) is 1.34. The zero-order valence-electron chi connectivity index (χ0n) is 12.4. The van der Waals surface area contributed by atoms with Crippen molar-refractivity contribution in [2.75, 3.05) is 0 Å². The van der Waals surface area contributed by atoms with E-state index in [1.54, 1.807) is 42.6 Å². The number of para-hydroxylation sites is 1. The molecule has 0 saturated carbocycles. The van der Waals surface area contributed by atoms with Crippen LogP contribution in [0, 0.1) is 10.1 Å². The average molecular weight is 310 g/mol. The van der Waals surface area contributed by atoms with Crippen LogP contribution in [0.4, 0.5) is 11.4 Å². The quantitative estimate of drug-likeness (QED) is 0.275. The first-order valence-electron chi connectivity index (χ1n) is 6.79. The molecule has 116 valence electrons. The van der Waals surface area contributed by atoms with E-state index in [1.165, 1.54) is 19.1 Å². The summed E-state index contributed by atoms with van der Waals surface area (Å²) >= 11 is 0. The van der Waals surface area contributed by atoms with Gasteiger partial charge in [-0.15, -0.1) is 0 Å². The molecule has 6 heteroatoms. The predicted molar refractivity (Wildman–Crippen MR) is 88.0 cm³/mol. The number of carbonyl (C=O) groups excluding carboxylic acids is 1. The average Bonchev–Trinajstić information content (AvgIpc) is 2.53. The number of nitrogens with zero attached hydrogens (tertiary/aromatic N) is 2. The van der Waals surface area contributed by atoms with Crippen molar-refractivity contribution in [3.8, 4) is 5.75 Å². The van der Waals surface area contributed by atoms with E-state index in [9.17, 15) is 14.9 Å². The molecule has 0 unspecified atom stereocenters. The summed E-state index contributed by atoms with van der Waals surface area (Å²) in [5.74, 6) is 0.0883. The lowest BCUT2D eigenvalue weighted by Crippen LogP contribution is -2.02. The highest BCUT2D eigenvalue weighted by Crippen LogP contribution is 2.20. The van der Waals surface area contributed by atoms with Crippen LogP contribution >= 0.6 is 0 Å². The summed E-state index contributed by atoms with van der Waals surface area (Å²) in [6, 6.07) is 13.0. The maximum atomic E-state index is 11.0. The molecule has 23 heavy (non-hydrogen) atoms. The van der Waals surface area contributed by atoms with E-state index in [0.717, 1.165) is 5.56 Å². The number of rotatable bonds is 5. The summed E-state index contributed by atoms with van der Waals surface area (Å²) in [6.07, 6.45) is 5.02. The molecule has 0 N–H and O–H groups in total. The molecule has 0 aliphatic heterocycles. The third kappa shape index (κ3) is 4.89. The molecule has 0 fully saturated rings. The van der Waals surface area contributed by atoms with Gasteiger partial charge >= 0.3 is 5.97 Å². The highest BCUT2D eigenvalue weighted by Gasteiger charge is 2.03. The van der Waals surface area contributed by atoms with Gasteiger partial charge in [-0.25, -0.2) is 0 Å². The smallest absolute Gasteiger partial charge is 0.308 e. The van der Waals surface area contributed by atoms with Crippen molar-refractivity contribution in [2.45, 2.75) is 6.92 Å². The topological polar surface area (TPSA) is 81.8 Å². The van der Waals surface area contributed by atoms with Gasteiger partial charge in [0.2, 0.25) is 0 Å². The molecule has 0 bridgehead atoms. The first-order chi connectivity index (χ1) is 11.1. The summed E-state index contributed by atoms with van der Waals surface area (Å²) < 4.78 is 5.10. The molecule has 0 atom stereocenters. The van der Waals surface area contributed by atoms with Gasteiger partial charge in [0.1, 0.15) is 5.75 Å². The Labute approximate surface area is 132 Å². The normalized spacial score (nSPS) is 11.0. The lowest BCUT2D eigenvalue weighted by molar-refractivity contribution is -0.384. The number of nitro groups is 1. The second kappa shape index (κ2) is 7.65. The molecule has 0 saturated heterocycles. The van der Waals surface area contributed by atoms with Crippen LogP contribution in [0.3, 0.4) is 0 Å². The van der Waals surface area contributed by atoms with E-state index in [4.69, 9.17) is 4.74 Å². The number of benzene rings is 2. The van der Waals surface area contributed by atoms with E-state index < -0.39 is 4.92 Å². The van der Waals surface area contributed by atoms with Gasteiger partial charge in [-0.2, -0.15) is 0 Å². The van der Waals surface area contributed by atoms with Crippen LogP contribution in [-0.2, 0) is 4.79 Å². The van der Waals surface area contributed by atoms with Crippen LogP contribution < -0.4 is 4.74 Å². The lowest BCUT2D eigenvalue weighted by Gasteiger charge is -2.04. The highest BCUT2D eigenvalue weighted by molar-refractivity contribution is 5.82. The van der Waals surface area contributed by atoms with Gasteiger partial charge in [-0.05, 0) is 30.4 Å². The first kappa shape index (κ1) is 16.1. The maximum Gasteiger partial charge on any atom is 0.308 e. The number of nitro benzene ring substituents is 1. The number of hydrogen-bond acceptors (Lipinski definition) is 5. The van der Waals surface area contributed by atoms with Crippen molar-refractivity contribution in [3.63, 3.8) is 0 Å². The van der Waals surface area contributed by atoms with Crippen LogP contribution in [0.1, 0.15) is 12.5 Å². The monoisotopic (exact) mass is 310 g/mol. The van der Waals surface area contributed by atoms with Crippen LogP contribution in [0.25, 0.3) is 6.08 Å². The van der Waals surface area contributed by atoms with Gasteiger partial charge in [-0.1, -0.05) is 18.2 Å². The highest BCUT2D eigenvalue weighted by atomic mass is 16.6. The number of ether oxygens (including phenoxy) is 1. The predicted octanol–water partition coefficient (Wildman–Crippen LogP) is 3.94.